The molecule has 0 fully saturated rings. The van der Waals surface area contributed by atoms with Crippen LogP contribution in [0, 0.1) is 0 Å². The van der Waals surface area contributed by atoms with Gasteiger partial charge in [-0.05, 0) is 33.8 Å². The third-order valence-electron chi connectivity index (χ3n) is 2.53. The Balaban J connectivity index is 2.06. The van der Waals surface area contributed by atoms with E-state index < -0.39 is 17.7 Å². The smallest absolute Gasteiger partial charge is 0.408 e. The Labute approximate surface area is 126 Å². The van der Waals surface area contributed by atoms with Gasteiger partial charge in [0, 0.05) is 6.07 Å². The van der Waals surface area contributed by atoms with E-state index in [-0.39, 0.29) is 5.56 Å². The highest BCUT2D eigenvalue weighted by Crippen LogP contribution is 2.11. The normalized spacial score (nSPS) is 12.7. The molecule has 118 valence electrons. The molecule has 2 heterocycles. The summed E-state index contributed by atoms with van der Waals surface area (Å²) in [5, 5.41) is 13.0. The van der Waals surface area contributed by atoms with Crippen LogP contribution in [0.4, 0.5) is 4.79 Å². The summed E-state index contributed by atoms with van der Waals surface area (Å²) in [6, 6.07) is 2.42. The molecular formula is C13H18N6O3. The van der Waals surface area contributed by atoms with Crippen molar-refractivity contribution in [2.75, 3.05) is 0 Å². The van der Waals surface area contributed by atoms with Crippen molar-refractivity contribution in [1.82, 2.24) is 30.3 Å². The monoisotopic (exact) mass is 306 g/mol. The van der Waals surface area contributed by atoms with Crippen LogP contribution in [0.15, 0.2) is 23.3 Å². The molecule has 9 nitrogen and oxygen atoms in total. The van der Waals surface area contributed by atoms with Gasteiger partial charge in [-0.3, -0.25) is 4.79 Å². The quantitative estimate of drug-likeness (QED) is 0.872. The third-order valence-corrected chi connectivity index (χ3v) is 2.53. The van der Waals surface area contributed by atoms with Crippen LogP contribution in [0.1, 0.15) is 39.6 Å². The van der Waals surface area contributed by atoms with Gasteiger partial charge in [-0.25, -0.2) is 19.6 Å². The Hall–Kier alpha value is -2.71. The van der Waals surface area contributed by atoms with Crippen LogP contribution in [0.5, 0.6) is 0 Å². The lowest BCUT2D eigenvalue weighted by Gasteiger charge is -2.21. The number of hydrogen-bond donors (Lipinski definition) is 2. The van der Waals surface area contributed by atoms with Gasteiger partial charge in [-0.15, -0.1) is 5.10 Å². The molecule has 1 amide bonds. The first-order chi connectivity index (χ1) is 10.2. The molecule has 0 aromatic carbocycles. The van der Waals surface area contributed by atoms with Gasteiger partial charge < -0.3 is 10.1 Å². The van der Waals surface area contributed by atoms with E-state index >= 15 is 0 Å². The highest BCUT2D eigenvalue weighted by atomic mass is 16.6. The number of aromatic nitrogens is 5. The number of amides is 1. The molecule has 2 aromatic heterocycles. The molecule has 1 atom stereocenters. The van der Waals surface area contributed by atoms with Crippen molar-refractivity contribution in [1.29, 1.82) is 0 Å². The molecule has 0 spiro atoms. The van der Waals surface area contributed by atoms with Crippen molar-refractivity contribution < 1.29 is 9.53 Å². The van der Waals surface area contributed by atoms with E-state index in [2.05, 4.69) is 25.6 Å². The number of nitrogens with one attached hydrogen (secondary N) is 2. The molecule has 22 heavy (non-hydrogen) atoms. The molecule has 9 heteroatoms. The zero-order valence-corrected chi connectivity index (χ0v) is 12.8. The number of hydrogen-bond acceptors (Lipinski definition) is 6. The predicted octanol–water partition coefficient (Wildman–Crippen LogP) is 0.936. The van der Waals surface area contributed by atoms with Gasteiger partial charge in [-0.2, -0.15) is 5.10 Å². The van der Waals surface area contributed by atoms with Crippen LogP contribution >= 0.6 is 0 Å². The largest absolute Gasteiger partial charge is 0.444 e. The maximum Gasteiger partial charge on any atom is 0.408 e. The van der Waals surface area contributed by atoms with Crippen LogP contribution in [0.2, 0.25) is 0 Å². The van der Waals surface area contributed by atoms with Crippen LogP contribution in [-0.4, -0.2) is 36.7 Å². The second kappa shape index (κ2) is 5.96. The highest BCUT2D eigenvalue weighted by molar-refractivity contribution is 5.68. The van der Waals surface area contributed by atoms with Gasteiger partial charge in [-0.1, -0.05) is 0 Å². The molecule has 0 bridgehead atoms. The van der Waals surface area contributed by atoms with Crippen LogP contribution in [0.3, 0.4) is 0 Å². The molecule has 2 N–H and O–H groups in total. The summed E-state index contributed by atoms with van der Waals surface area (Å²) in [6.45, 7) is 7.09. The lowest BCUT2D eigenvalue weighted by atomic mass is 10.2. The van der Waals surface area contributed by atoms with E-state index in [4.69, 9.17) is 4.74 Å². The highest BCUT2D eigenvalue weighted by Gasteiger charge is 2.20. The second-order valence-electron chi connectivity index (χ2n) is 5.69. The average molecular weight is 306 g/mol. The zero-order valence-electron chi connectivity index (χ0n) is 12.8. The van der Waals surface area contributed by atoms with Gasteiger partial charge >= 0.3 is 6.09 Å². The predicted molar refractivity (Wildman–Crippen MR) is 77.6 cm³/mol. The van der Waals surface area contributed by atoms with E-state index in [0.717, 1.165) is 0 Å². The molecular weight excluding hydrogens is 288 g/mol. The molecule has 0 aliphatic rings. The minimum absolute atomic E-state index is 0.302. The summed E-state index contributed by atoms with van der Waals surface area (Å²) >= 11 is 0. The molecule has 0 aliphatic heterocycles. The molecule has 0 radical (unpaired) electrons. The van der Waals surface area contributed by atoms with Crippen molar-refractivity contribution in [3.63, 3.8) is 0 Å². The minimum Gasteiger partial charge on any atom is -0.444 e. The fraction of sp³-hybridized carbons (Fsp3) is 0.462. The number of nitrogens with zero attached hydrogens (tertiary/aromatic N) is 4. The Morgan fingerprint density at radius 2 is 2.14 bits per heavy atom. The zero-order chi connectivity index (χ0) is 16.3. The van der Waals surface area contributed by atoms with Gasteiger partial charge in [0.15, 0.2) is 11.6 Å². The first-order valence-corrected chi connectivity index (χ1v) is 6.72. The average Bonchev–Trinajstić information content (AvgIpc) is 2.86. The van der Waals surface area contributed by atoms with E-state index in [1.807, 2.05) is 0 Å². The van der Waals surface area contributed by atoms with Gasteiger partial charge in [0.1, 0.15) is 11.9 Å². The van der Waals surface area contributed by atoms with Crippen molar-refractivity contribution in [2.45, 2.75) is 39.3 Å². The van der Waals surface area contributed by atoms with Crippen molar-refractivity contribution in [3.8, 4) is 5.82 Å². The fourth-order valence-corrected chi connectivity index (χ4v) is 1.60. The van der Waals surface area contributed by atoms with E-state index in [9.17, 15) is 9.59 Å². The number of ether oxygens (including phenoxy) is 1. The van der Waals surface area contributed by atoms with Crippen molar-refractivity contribution in [2.24, 2.45) is 0 Å². The molecule has 0 aliphatic carbocycles. The lowest BCUT2D eigenvalue weighted by Crippen LogP contribution is -2.34. The number of rotatable bonds is 3. The van der Waals surface area contributed by atoms with Gasteiger partial charge in [0.2, 0.25) is 0 Å². The number of carbonyl (C=O) groups is 1. The molecule has 2 rings (SSSR count). The first kappa shape index (κ1) is 15.7. The van der Waals surface area contributed by atoms with Gasteiger partial charge in [0.25, 0.3) is 5.56 Å². The number of aromatic amines is 1. The third kappa shape index (κ3) is 4.14. The van der Waals surface area contributed by atoms with Gasteiger partial charge in [0.05, 0.1) is 6.04 Å². The summed E-state index contributed by atoms with van der Waals surface area (Å²) in [5.74, 6) is 0.821. The number of carbonyl (C=O) groups excluding carboxylic acids is 1. The second-order valence-corrected chi connectivity index (χ2v) is 5.69. The standard InChI is InChI=1S/C13H18N6O3/c1-8(15-12(21)22-13(2,3)4)11-14-7-19(18-11)9-5-6-10(20)17-16-9/h5-8H,1-4H3,(H,15,21)(H,17,20)/t8-/m0/s1. The summed E-state index contributed by atoms with van der Waals surface area (Å²) in [6.07, 6.45) is 0.905. The summed E-state index contributed by atoms with van der Waals surface area (Å²) in [4.78, 5) is 26.8. The Morgan fingerprint density at radius 3 is 2.73 bits per heavy atom. The maximum atomic E-state index is 11.7. The van der Waals surface area contributed by atoms with E-state index in [1.165, 1.54) is 23.1 Å². The van der Waals surface area contributed by atoms with Crippen molar-refractivity contribution >= 4 is 6.09 Å². The van der Waals surface area contributed by atoms with E-state index in [0.29, 0.717) is 11.6 Å². The number of alkyl carbamates (subject to hydrolysis) is 1. The lowest BCUT2D eigenvalue weighted by molar-refractivity contribution is 0.0506. The molecule has 2 aromatic rings. The molecule has 0 saturated carbocycles. The summed E-state index contributed by atoms with van der Waals surface area (Å²) in [7, 11) is 0. The van der Waals surface area contributed by atoms with Crippen LogP contribution in [0.25, 0.3) is 5.82 Å². The Morgan fingerprint density at radius 1 is 1.41 bits per heavy atom. The van der Waals surface area contributed by atoms with E-state index in [1.54, 1.807) is 27.7 Å². The van der Waals surface area contributed by atoms with Crippen LogP contribution in [-0.2, 0) is 4.74 Å². The Kier molecular flexibility index (Phi) is 4.25. The number of H-pyrrole nitrogens is 1. The molecule has 0 unspecified atom stereocenters. The molecule has 0 saturated heterocycles. The fourth-order valence-electron chi connectivity index (χ4n) is 1.60. The summed E-state index contributed by atoms with van der Waals surface area (Å²) < 4.78 is 6.57. The summed E-state index contributed by atoms with van der Waals surface area (Å²) in [5.41, 5.74) is -0.875. The maximum absolute atomic E-state index is 11.7. The van der Waals surface area contributed by atoms with Crippen molar-refractivity contribution in [3.05, 3.63) is 34.6 Å². The first-order valence-electron chi connectivity index (χ1n) is 6.72. The SMILES string of the molecule is C[C@H](NC(=O)OC(C)(C)C)c1ncn(-c2ccc(=O)[nH]n2)n1. The van der Waals surface area contributed by atoms with Crippen LogP contribution < -0.4 is 10.9 Å². The minimum atomic E-state index is -0.573. The topological polar surface area (TPSA) is 115 Å². The Bertz CT molecular complexity index is 695.